The van der Waals surface area contributed by atoms with Crippen LogP contribution in [0.1, 0.15) is 27.0 Å². The first-order valence-corrected chi connectivity index (χ1v) is 11.0. The van der Waals surface area contributed by atoms with E-state index in [0.29, 0.717) is 11.3 Å². The first-order valence-electron chi connectivity index (χ1n) is 10.3. The summed E-state index contributed by atoms with van der Waals surface area (Å²) in [6.45, 7) is 3.94. The van der Waals surface area contributed by atoms with Gasteiger partial charge in [0.2, 0.25) is 0 Å². The molecule has 0 aromatic heterocycles. The monoisotopic (exact) mass is 500 g/mol. The van der Waals surface area contributed by atoms with Crippen molar-refractivity contribution in [1.82, 2.24) is 10.7 Å². The Kier molecular flexibility index (Phi) is 8.09. The smallest absolute Gasteiger partial charge is 0.269 e. The molecular formula is C24H22Cl2N4O4. The van der Waals surface area contributed by atoms with Gasteiger partial charge in [0, 0.05) is 34.2 Å². The predicted octanol–water partition coefficient (Wildman–Crippen LogP) is 5.00. The van der Waals surface area contributed by atoms with Gasteiger partial charge in [-0.25, -0.2) is 0 Å². The fraction of sp³-hybridized carbons (Fsp3) is 0.167. The van der Waals surface area contributed by atoms with E-state index in [1.165, 1.54) is 42.5 Å². The Morgan fingerprint density at radius 1 is 0.941 bits per heavy atom. The standard InChI is InChI=1S/C24H22Cl2N4O4/c1-14-3-6-20(9-15(14)2)28-29-24(32)22(10-16-4-7-21(8-5-16)30(33)34)27-23(31)17-11-18(25)13-19(26)12-17/h3-9,11-13,22,28H,10H2,1-2H3,(H,27,31)(H,29,32)/t22-/m0/s1. The third-order valence-corrected chi connectivity index (χ3v) is 5.61. The van der Waals surface area contributed by atoms with Gasteiger partial charge in [0.25, 0.3) is 17.5 Å². The van der Waals surface area contributed by atoms with Gasteiger partial charge in [0.15, 0.2) is 0 Å². The minimum absolute atomic E-state index is 0.0706. The van der Waals surface area contributed by atoms with Crippen LogP contribution in [0.3, 0.4) is 0 Å². The number of non-ortho nitro benzene ring substituents is 1. The number of nitro groups is 1. The quantitative estimate of drug-likeness (QED) is 0.297. The van der Waals surface area contributed by atoms with Crippen molar-refractivity contribution in [3.63, 3.8) is 0 Å². The fourth-order valence-electron chi connectivity index (χ4n) is 3.17. The minimum atomic E-state index is -0.995. The van der Waals surface area contributed by atoms with Gasteiger partial charge >= 0.3 is 0 Å². The third kappa shape index (κ3) is 6.69. The maximum absolute atomic E-state index is 13.0. The number of nitrogens with one attached hydrogen (secondary N) is 3. The van der Waals surface area contributed by atoms with Crippen LogP contribution in [0.25, 0.3) is 0 Å². The molecule has 0 unspecified atom stereocenters. The lowest BCUT2D eigenvalue weighted by atomic mass is 10.0. The van der Waals surface area contributed by atoms with Crippen molar-refractivity contribution >= 4 is 46.4 Å². The van der Waals surface area contributed by atoms with Gasteiger partial charge < -0.3 is 5.32 Å². The van der Waals surface area contributed by atoms with Crippen molar-refractivity contribution in [3.05, 3.63) is 103 Å². The molecule has 0 fully saturated rings. The van der Waals surface area contributed by atoms with E-state index < -0.39 is 22.8 Å². The van der Waals surface area contributed by atoms with E-state index in [2.05, 4.69) is 16.2 Å². The molecule has 10 heteroatoms. The van der Waals surface area contributed by atoms with Crippen LogP contribution in [0.5, 0.6) is 0 Å². The summed E-state index contributed by atoms with van der Waals surface area (Å²) in [6, 6.07) is 14.8. The van der Waals surface area contributed by atoms with Crippen LogP contribution in [-0.2, 0) is 11.2 Å². The number of benzene rings is 3. The van der Waals surface area contributed by atoms with Crippen LogP contribution in [-0.4, -0.2) is 22.8 Å². The van der Waals surface area contributed by atoms with Crippen molar-refractivity contribution in [3.8, 4) is 0 Å². The van der Waals surface area contributed by atoms with Crippen LogP contribution in [0.15, 0.2) is 60.7 Å². The lowest BCUT2D eigenvalue weighted by Gasteiger charge is -2.20. The highest BCUT2D eigenvalue weighted by Gasteiger charge is 2.23. The summed E-state index contributed by atoms with van der Waals surface area (Å²) in [6.07, 6.45) is 0.0957. The van der Waals surface area contributed by atoms with Crippen LogP contribution in [0.2, 0.25) is 10.0 Å². The number of carbonyl (C=O) groups excluding carboxylic acids is 2. The van der Waals surface area contributed by atoms with E-state index in [-0.39, 0.29) is 27.7 Å². The summed E-state index contributed by atoms with van der Waals surface area (Å²) in [7, 11) is 0. The molecule has 3 aromatic carbocycles. The summed E-state index contributed by atoms with van der Waals surface area (Å²) in [5.74, 6) is -1.05. The summed E-state index contributed by atoms with van der Waals surface area (Å²) in [5, 5.41) is 14.2. The van der Waals surface area contributed by atoms with E-state index in [1.54, 1.807) is 0 Å². The normalized spacial score (nSPS) is 11.4. The van der Waals surface area contributed by atoms with E-state index in [9.17, 15) is 19.7 Å². The maximum atomic E-state index is 13.0. The average Bonchev–Trinajstić information content (AvgIpc) is 2.78. The van der Waals surface area contributed by atoms with Gasteiger partial charge in [-0.15, -0.1) is 0 Å². The molecule has 176 valence electrons. The van der Waals surface area contributed by atoms with Crippen LogP contribution < -0.4 is 16.2 Å². The van der Waals surface area contributed by atoms with Gasteiger partial charge in [0.1, 0.15) is 6.04 Å². The molecule has 0 spiro atoms. The Labute approximate surface area is 206 Å². The lowest BCUT2D eigenvalue weighted by Crippen LogP contribution is -2.49. The second-order valence-corrected chi connectivity index (χ2v) is 8.60. The first kappa shape index (κ1) is 25.0. The highest BCUT2D eigenvalue weighted by molar-refractivity contribution is 6.35. The van der Waals surface area contributed by atoms with Crippen molar-refractivity contribution in [2.24, 2.45) is 0 Å². The molecule has 3 aromatic rings. The van der Waals surface area contributed by atoms with Crippen molar-refractivity contribution in [1.29, 1.82) is 0 Å². The van der Waals surface area contributed by atoms with Crippen molar-refractivity contribution in [2.45, 2.75) is 26.3 Å². The summed E-state index contributed by atoms with van der Waals surface area (Å²) in [4.78, 5) is 36.2. The molecule has 0 radical (unpaired) electrons. The van der Waals surface area contributed by atoms with E-state index in [1.807, 2.05) is 32.0 Å². The number of hydrogen-bond acceptors (Lipinski definition) is 5. The molecule has 0 aliphatic rings. The maximum Gasteiger partial charge on any atom is 0.269 e. The molecule has 0 aliphatic carbocycles. The van der Waals surface area contributed by atoms with Crippen LogP contribution in [0, 0.1) is 24.0 Å². The van der Waals surface area contributed by atoms with Gasteiger partial charge in [-0.05, 0) is 60.9 Å². The molecule has 1 atom stereocenters. The zero-order chi connectivity index (χ0) is 24.8. The number of aryl methyl sites for hydroxylation is 2. The first-order chi connectivity index (χ1) is 16.1. The van der Waals surface area contributed by atoms with Gasteiger partial charge in [-0.3, -0.25) is 30.6 Å². The number of amides is 2. The van der Waals surface area contributed by atoms with E-state index in [4.69, 9.17) is 23.2 Å². The number of hydrogen-bond donors (Lipinski definition) is 3. The number of hydrazine groups is 1. The zero-order valence-corrected chi connectivity index (χ0v) is 19.9. The molecule has 34 heavy (non-hydrogen) atoms. The molecule has 8 nitrogen and oxygen atoms in total. The second kappa shape index (κ2) is 11.0. The third-order valence-electron chi connectivity index (χ3n) is 5.17. The van der Waals surface area contributed by atoms with Gasteiger partial charge in [-0.2, -0.15) is 0 Å². The van der Waals surface area contributed by atoms with E-state index in [0.717, 1.165) is 11.1 Å². The minimum Gasteiger partial charge on any atom is -0.340 e. The Morgan fingerprint density at radius 3 is 2.18 bits per heavy atom. The SMILES string of the molecule is Cc1ccc(NNC(=O)[C@H](Cc2ccc([N+](=O)[O-])cc2)NC(=O)c2cc(Cl)cc(Cl)c2)cc1C. The molecule has 0 heterocycles. The van der Waals surface area contributed by atoms with Gasteiger partial charge in [0.05, 0.1) is 10.6 Å². The van der Waals surface area contributed by atoms with Crippen molar-refractivity contribution in [2.75, 3.05) is 5.43 Å². The second-order valence-electron chi connectivity index (χ2n) is 7.73. The summed E-state index contributed by atoms with van der Waals surface area (Å²) in [5.41, 5.74) is 9.05. The summed E-state index contributed by atoms with van der Waals surface area (Å²) >= 11 is 12.0. The Bertz CT molecular complexity index is 1210. The number of rotatable bonds is 8. The summed E-state index contributed by atoms with van der Waals surface area (Å²) < 4.78 is 0. The molecule has 0 aliphatic heterocycles. The van der Waals surface area contributed by atoms with E-state index >= 15 is 0 Å². The van der Waals surface area contributed by atoms with Crippen LogP contribution >= 0.6 is 23.2 Å². The average molecular weight is 501 g/mol. The lowest BCUT2D eigenvalue weighted by molar-refractivity contribution is -0.384. The largest absolute Gasteiger partial charge is 0.340 e. The Hall–Kier alpha value is -3.62. The Morgan fingerprint density at radius 2 is 1.59 bits per heavy atom. The van der Waals surface area contributed by atoms with Crippen LogP contribution in [0.4, 0.5) is 11.4 Å². The number of anilines is 1. The molecule has 2 amide bonds. The topological polar surface area (TPSA) is 113 Å². The number of halogens is 2. The van der Waals surface area contributed by atoms with Gasteiger partial charge in [-0.1, -0.05) is 41.4 Å². The predicted molar refractivity (Wildman–Crippen MR) is 132 cm³/mol. The molecule has 0 saturated carbocycles. The highest BCUT2D eigenvalue weighted by Crippen LogP contribution is 2.20. The number of carbonyl (C=O) groups is 2. The van der Waals surface area contributed by atoms with Crippen molar-refractivity contribution < 1.29 is 14.5 Å². The number of nitrogens with zero attached hydrogens (tertiary/aromatic N) is 1. The zero-order valence-electron chi connectivity index (χ0n) is 18.4. The molecule has 3 N–H and O–H groups in total. The molecule has 3 rings (SSSR count). The molecule has 0 bridgehead atoms. The highest BCUT2D eigenvalue weighted by atomic mass is 35.5. The Balaban J connectivity index is 1.79. The molecule has 0 saturated heterocycles. The number of nitro benzene ring substituents is 1. The fourth-order valence-corrected chi connectivity index (χ4v) is 3.69. The molecular weight excluding hydrogens is 479 g/mol.